The maximum absolute atomic E-state index is 5.72. The number of fused-ring (bicyclic) bond motifs is 4. The van der Waals surface area contributed by atoms with E-state index in [1.54, 1.807) is 0 Å². The molecule has 0 aromatic heterocycles. The number of rotatable bonds is 8. The Morgan fingerprint density at radius 1 is 0.571 bits per heavy atom. The zero-order chi connectivity index (χ0) is 25.1. The maximum atomic E-state index is 5.72. The van der Waals surface area contributed by atoms with Gasteiger partial charge >= 0.3 is 0 Å². The smallest absolute Gasteiger partial charge is 0.166 e. The molecule has 4 nitrogen and oxygen atoms in total. The summed E-state index contributed by atoms with van der Waals surface area (Å²) in [6.07, 6.45) is 16.8. The van der Waals surface area contributed by atoms with Crippen LogP contribution in [0.1, 0.15) is 111 Å². The molecular formula is C29H52N4S2. The molecule has 4 bridgehead atoms. The van der Waals surface area contributed by atoms with E-state index in [1.165, 1.54) is 70.6 Å². The number of thiocarbonyl (C=S) groups is 2. The Morgan fingerprint density at radius 3 is 1.26 bits per heavy atom. The van der Waals surface area contributed by atoms with Crippen molar-refractivity contribution in [3.63, 3.8) is 0 Å². The van der Waals surface area contributed by atoms with Crippen LogP contribution in [0.2, 0.25) is 0 Å². The molecule has 0 amide bonds. The van der Waals surface area contributed by atoms with Gasteiger partial charge in [-0.05, 0) is 143 Å². The highest BCUT2D eigenvalue weighted by Gasteiger charge is 2.45. The average Bonchev–Trinajstić information content (AvgIpc) is 2.69. The van der Waals surface area contributed by atoms with Crippen LogP contribution in [0.3, 0.4) is 0 Å². The minimum atomic E-state index is 0.239. The first-order valence-corrected chi connectivity index (χ1v) is 15.6. The Labute approximate surface area is 226 Å². The fourth-order valence-corrected chi connectivity index (χ4v) is 9.75. The van der Waals surface area contributed by atoms with E-state index < -0.39 is 0 Å². The molecule has 0 aliphatic heterocycles. The van der Waals surface area contributed by atoms with Gasteiger partial charge in [-0.1, -0.05) is 27.7 Å². The van der Waals surface area contributed by atoms with Crippen molar-refractivity contribution in [2.75, 3.05) is 13.1 Å². The van der Waals surface area contributed by atoms with Gasteiger partial charge in [-0.15, -0.1) is 0 Å². The summed E-state index contributed by atoms with van der Waals surface area (Å²) in [6.45, 7) is 11.6. The van der Waals surface area contributed by atoms with E-state index in [9.17, 15) is 0 Å². The second kappa shape index (κ2) is 11.8. The van der Waals surface area contributed by atoms with Crippen molar-refractivity contribution < 1.29 is 0 Å². The van der Waals surface area contributed by atoms with Crippen LogP contribution in [0.4, 0.5) is 0 Å². The third kappa shape index (κ3) is 7.69. The van der Waals surface area contributed by atoms with Crippen LogP contribution < -0.4 is 21.3 Å². The van der Waals surface area contributed by atoms with Crippen molar-refractivity contribution in [2.24, 2.45) is 35.5 Å². The monoisotopic (exact) mass is 520 g/mol. The summed E-state index contributed by atoms with van der Waals surface area (Å²) >= 11 is 11.4. The lowest BCUT2D eigenvalue weighted by Gasteiger charge is -2.50. The predicted octanol–water partition coefficient (Wildman–Crippen LogP) is 6.29. The van der Waals surface area contributed by atoms with Gasteiger partial charge < -0.3 is 21.3 Å². The molecule has 0 heterocycles. The number of unbranched alkanes of at least 4 members (excludes halogenated alkanes) is 2. The first-order valence-electron chi connectivity index (χ1n) is 14.8. The summed E-state index contributed by atoms with van der Waals surface area (Å²) < 4.78 is 0. The van der Waals surface area contributed by atoms with E-state index in [4.69, 9.17) is 24.4 Å². The summed E-state index contributed by atoms with van der Waals surface area (Å²) in [4.78, 5) is 0. The number of hydrogen-bond donors (Lipinski definition) is 4. The molecule has 4 rings (SSSR count). The average molecular weight is 521 g/mol. The van der Waals surface area contributed by atoms with E-state index >= 15 is 0 Å². The van der Waals surface area contributed by atoms with Gasteiger partial charge in [0, 0.05) is 24.2 Å². The summed E-state index contributed by atoms with van der Waals surface area (Å²) in [5, 5.41) is 16.3. The molecule has 0 aromatic carbocycles. The molecule has 4 atom stereocenters. The summed E-state index contributed by atoms with van der Waals surface area (Å²) in [6, 6.07) is 0. The zero-order valence-electron chi connectivity index (χ0n) is 22.9. The summed E-state index contributed by atoms with van der Waals surface area (Å²) in [5.74, 6) is 5.02. The SMILES string of the molecule is CC1CC2CC(C)CC(NC(=S)NCCCCCNC(=S)NC34CC(C)CC(CC(C)C3)C4)(C1)C2. The highest BCUT2D eigenvalue weighted by molar-refractivity contribution is 7.80. The third-order valence-electron chi connectivity index (χ3n) is 9.44. The fraction of sp³-hybridized carbons (Fsp3) is 0.931. The van der Waals surface area contributed by atoms with E-state index in [-0.39, 0.29) is 11.1 Å². The molecule has 4 unspecified atom stereocenters. The molecule has 4 fully saturated rings. The molecule has 4 saturated carbocycles. The Kier molecular flexibility index (Phi) is 9.27. The minimum absolute atomic E-state index is 0.239. The standard InChI is InChI=1S/C29H52N4S2/c1-20-10-24-11-21(2)15-28(14-20,18-24)32-26(34)30-8-6-5-7-9-31-27(35)33-29-16-22(3)12-25(19-29)13-23(4)17-29/h20-25H,5-19H2,1-4H3,(H2,30,32,34)(H2,31,33,35). The topological polar surface area (TPSA) is 48.1 Å². The minimum Gasteiger partial charge on any atom is -0.363 e. The van der Waals surface area contributed by atoms with Crippen LogP contribution >= 0.6 is 24.4 Å². The van der Waals surface area contributed by atoms with Crippen molar-refractivity contribution in [3.8, 4) is 0 Å². The van der Waals surface area contributed by atoms with E-state index in [1.807, 2.05) is 0 Å². The quantitative estimate of drug-likeness (QED) is 0.223. The molecular weight excluding hydrogens is 468 g/mol. The highest BCUT2D eigenvalue weighted by Crippen LogP contribution is 2.48. The Balaban J connectivity index is 1.08. The second-order valence-corrected chi connectivity index (χ2v) is 14.5. The molecule has 4 aliphatic rings. The molecule has 0 radical (unpaired) electrons. The fourth-order valence-electron chi connectivity index (χ4n) is 9.12. The summed E-state index contributed by atoms with van der Waals surface area (Å²) in [5.41, 5.74) is 0.477. The van der Waals surface area contributed by atoms with Crippen LogP contribution in [-0.4, -0.2) is 34.4 Å². The molecule has 0 saturated heterocycles. The van der Waals surface area contributed by atoms with Gasteiger partial charge in [0.05, 0.1) is 0 Å². The second-order valence-electron chi connectivity index (χ2n) is 13.7. The van der Waals surface area contributed by atoms with E-state index in [0.29, 0.717) is 0 Å². The lowest BCUT2D eigenvalue weighted by molar-refractivity contribution is 0.0691. The van der Waals surface area contributed by atoms with Crippen molar-refractivity contribution in [3.05, 3.63) is 0 Å². The van der Waals surface area contributed by atoms with Crippen LogP contribution in [0.5, 0.6) is 0 Å². The number of hydrogen-bond acceptors (Lipinski definition) is 2. The van der Waals surface area contributed by atoms with Gasteiger partial charge in [0.25, 0.3) is 0 Å². The summed E-state index contributed by atoms with van der Waals surface area (Å²) in [7, 11) is 0. The lowest BCUT2D eigenvalue weighted by Crippen LogP contribution is -2.58. The number of nitrogens with one attached hydrogen (secondary N) is 4. The Bertz CT molecular complexity index is 641. The maximum Gasteiger partial charge on any atom is 0.166 e. The van der Waals surface area contributed by atoms with Gasteiger partial charge in [0.15, 0.2) is 10.2 Å². The van der Waals surface area contributed by atoms with Crippen molar-refractivity contribution in [1.29, 1.82) is 0 Å². The van der Waals surface area contributed by atoms with Crippen LogP contribution in [0.25, 0.3) is 0 Å². The zero-order valence-corrected chi connectivity index (χ0v) is 24.5. The van der Waals surface area contributed by atoms with Gasteiger partial charge in [-0.25, -0.2) is 0 Å². The van der Waals surface area contributed by atoms with Crippen molar-refractivity contribution in [2.45, 2.75) is 122 Å². The molecule has 4 aliphatic carbocycles. The van der Waals surface area contributed by atoms with Crippen molar-refractivity contribution in [1.82, 2.24) is 21.3 Å². The molecule has 0 spiro atoms. The normalized spacial score (nSPS) is 40.5. The van der Waals surface area contributed by atoms with Crippen molar-refractivity contribution >= 4 is 34.7 Å². The highest BCUT2D eigenvalue weighted by atomic mass is 32.1. The van der Waals surface area contributed by atoms with E-state index in [0.717, 1.165) is 71.7 Å². The Hall–Kier alpha value is -0.620. The Morgan fingerprint density at radius 2 is 0.914 bits per heavy atom. The molecule has 0 aromatic rings. The van der Waals surface area contributed by atoms with Crippen LogP contribution in [0, 0.1) is 35.5 Å². The molecule has 6 heteroatoms. The third-order valence-corrected chi connectivity index (χ3v) is 9.93. The molecule has 35 heavy (non-hydrogen) atoms. The molecule has 4 N–H and O–H groups in total. The van der Waals surface area contributed by atoms with Crippen LogP contribution in [0.15, 0.2) is 0 Å². The predicted molar refractivity (Wildman–Crippen MR) is 157 cm³/mol. The van der Waals surface area contributed by atoms with Gasteiger partial charge in [0.2, 0.25) is 0 Å². The largest absolute Gasteiger partial charge is 0.363 e. The van der Waals surface area contributed by atoms with Gasteiger partial charge in [-0.3, -0.25) is 0 Å². The van der Waals surface area contributed by atoms with Gasteiger partial charge in [0.1, 0.15) is 0 Å². The van der Waals surface area contributed by atoms with Gasteiger partial charge in [-0.2, -0.15) is 0 Å². The first kappa shape index (κ1) is 27.4. The first-order chi connectivity index (χ1) is 16.6. The lowest BCUT2D eigenvalue weighted by atomic mass is 9.61. The van der Waals surface area contributed by atoms with Crippen LogP contribution in [-0.2, 0) is 0 Å². The molecule has 200 valence electrons. The van der Waals surface area contributed by atoms with E-state index in [2.05, 4.69) is 49.0 Å².